The van der Waals surface area contributed by atoms with Crippen molar-refractivity contribution in [1.29, 1.82) is 0 Å². The van der Waals surface area contributed by atoms with Crippen molar-refractivity contribution in [3.63, 3.8) is 0 Å². The third-order valence-corrected chi connectivity index (χ3v) is 3.38. The summed E-state index contributed by atoms with van der Waals surface area (Å²) >= 11 is 0. The minimum Gasteiger partial charge on any atom is -0.379 e. The van der Waals surface area contributed by atoms with Gasteiger partial charge in [0.1, 0.15) is 0 Å². The maximum atomic E-state index is 11.7. The first kappa shape index (κ1) is 16.2. The molecule has 0 spiro atoms. The summed E-state index contributed by atoms with van der Waals surface area (Å²) in [6.45, 7) is 4.93. The highest BCUT2D eigenvalue weighted by atomic mass is 16.6. The third kappa shape index (κ3) is 5.30. The number of anilines is 1. The highest BCUT2D eigenvalue weighted by Crippen LogP contribution is 2.15. The van der Waals surface area contributed by atoms with Crippen molar-refractivity contribution in [3.8, 4) is 0 Å². The molecule has 1 aromatic rings. The maximum absolute atomic E-state index is 11.7. The molecule has 0 aliphatic carbocycles. The summed E-state index contributed by atoms with van der Waals surface area (Å²) in [4.78, 5) is 24.1. The van der Waals surface area contributed by atoms with Crippen LogP contribution >= 0.6 is 0 Å². The van der Waals surface area contributed by atoms with Crippen LogP contribution in [0.5, 0.6) is 0 Å². The number of carbonyl (C=O) groups excluding carboxylic acids is 1. The van der Waals surface area contributed by atoms with Crippen molar-refractivity contribution in [2.45, 2.75) is 6.42 Å². The monoisotopic (exact) mass is 308 g/mol. The Morgan fingerprint density at radius 2 is 1.95 bits per heavy atom. The molecular weight excluding hydrogens is 288 g/mol. The number of benzene rings is 1. The lowest BCUT2D eigenvalue weighted by atomic mass is 10.3. The van der Waals surface area contributed by atoms with Gasteiger partial charge in [0.2, 0.25) is 0 Å². The average Bonchev–Trinajstić information content (AvgIpc) is 2.53. The molecule has 0 saturated carbocycles. The fraction of sp³-hybridized carbons (Fsp3) is 0.500. The van der Waals surface area contributed by atoms with E-state index in [-0.39, 0.29) is 11.7 Å². The molecule has 1 aromatic carbocycles. The Labute approximate surface area is 128 Å². The third-order valence-electron chi connectivity index (χ3n) is 3.38. The van der Waals surface area contributed by atoms with Crippen molar-refractivity contribution in [1.82, 2.24) is 10.2 Å². The van der Waals surface area contributed by atoms with E-state index in [0.29, 0.717) is 12.2 Å². The van der Waals surface area contributed by atoms with Gasteiger partial charge in [0.15, 0.2) is 0 Å². The molecule has 2 N–H and O–H groups in total. The van der Waals surface area contributed by atoms with E-state index in [9.17, 15) is 14.9 Å². The van der Waals surface area contributed by atoms with Crippen LogP contribution in [0.2, 0.25) is 0 Å². The molecule has 1 heterocycles. The van der Waals surface area contributed by atoms with Gasteiger partial charge in [-0.15, -0.1) is 0 Å². The first-order valence-corrected chi connectivity index (χ1v) is 7.24. The molecule has 0 radical (unpaired) electrons. The van der Waals surface area contributed by atoms with Crippen molar-refractivity contribution >= 4 is 17.4 Å². The van der Waals surface area contributed by atoms with Gasteiger partial charge >= 0.3 is 6.03 Å². The number of carbonyl (C=O) groups is 1. The second kappa shape index (κ2) is 8.30. The highest BCUT2D eigenvalue weighted by Gasteiger charge is 2.10. The normalized spacial score (nSPS) is 15.3. The van der Waals surface area contributed by atoms with Crippen molar-refractivity contribution < 1.29 is 14.5 Å². The van der Waals surface area contributed by atoms with Crippen LogP contribution in [0.1, 0.15) is 6.42 Å². The minimum atomic E-state index is -0.477. The first-order chi connectivity index (χ1) is 10.6. The molecular formula is C14H20N4O4. The quantitative estimate of drug-likeness (QED) is 0.471. The number of nitro benzene ring substituents is 1. The molecule has 22 heavy (non-hydrogen) atoms. The van der Waals surface area contributed by atoms with E-state index >= 15 is 0 Å². The molecule has 1 aliphatic rings. The molecule has 2 amide bonds. The van der Waals surface area contributed by atoms with Crippen LogP contribution in [0.4, 0.5) is 16.2 Å². The summed E-state index contributed by atoms with van der Waals surface area (Å²) < 4.78 is 5.27. The van der Waals surface area contributed by atoms with E-state index in [1.807, 2.05) is 0 Å². The molecule has 1 fully saturated rings. The molecule has 8 nitrogen and oxygen atoms in total. The van der Waals surface area contributed by atoms with Gasteiger partial charge in [0.25, 0.3) is 5.69 Å². The highest BCUT2D eigenvalue weighted by molar-refractivity contribution is 5.89. The molecule has 1 aliphatic heterocycles. The fourth-order valence-corrected chi connectivity index (χ4v) is 2.17. The van der Waals surface area contributed by atoms with Crippen LogP contribution in [-0.2, 0) is 4.74 Å². The Balaban J connectivity index is 1.63. The van der Waals surface area contributed by atoms with E-state index in [0.717, 1.165) is 39.3 Å². The molecule has 0 atom stereocenters. The smallest absolute Gasteiger partial charge is 0.319 e. The number of hydrogen-bond acceptors (Lipinski definition) is 5. The van der Waals surface area contributed by atoms with Crippen LogP contribution in [0.3, 0.4) is 0 Å². The predicted octanol–water partition coefficient (Wildman–Crippen LogP) is 1.44. The topological polar surface area (TPSA) is 96.7 Å². The van der Waals surface area contributed by atoms with E-state index in [2.05, 4.69) is 15.5 Å². The average molecular weight is 308 g/mol. The number of rotatable bonds is 6. The Kier molecular flexibility index (Phi) is 6.11. The second-order valence-corrected chi connectivity index (χ2v) is 4.99. The van der Waals surface area contributed by atoms with Gasteiger partial charge in [-0.3, -0.25) is 15.0 Å². The number of morpholine rings is 1. The van der Waals surface area contributed by atoms with Crippen molar-refractivity contribution in [2.75, 3.05) is 44.7 Å². The second-order valence-electron chi connectivity index (χ2n) is 4.99. The summed E-state index contributed by atoms with van der Waals surface area (Å²) in [5.41, 5.74) is 0.521. The van der Waals surface area contributed by atoms with E-state index in [1.54, 1.807) is 0 Å². The fourth-order valence-electron chi connectivity index (χ4n) is 2.17. The van der Waals surface area contributed by atoms with Crippen LogP contribution in [0.25, 0.3) is 0 Å². The standard InChI is InChI=1S/C14H20N4O4/c19-14(15-6-1-7-17-8-10-22-11-9-17)16-12-2-4-13(5-3-12)18(20)21/h2-5H,1,6-11H2,(H2,15,16,19). The molecule has 8 heteroatoms. The molecule has 0 aromatic heterocycles. The van der Waals surface area contributed by atoms with Crippen molar-refractivity contribution in [3.05, 3.63) is 34.4 Å². The number of nitro groups is 1. The van der Waals surface area contributed by atoms with Crippen LogP contribution in [0.15, 0.2) is 24.3 Å². The lowest BCUT2D eigenvalue weighted by molar-refractivity contribution is -0.384. The number of amides is 2. The summed E-state index contributed by atoms with van der Waals surface area (Å²) in [5, 5.41) is 15.9. The maximum Gasteiger partial charge on any atom is 0.319 e. The molecule has 0 bridgehead atoms. The van der Waals surface area contributed by atoms with Gasteiger partial charge in [0, 0.05) is 37.5 Å². The van der Waals surface area contributed by atoms with Gasteiger partial charge in [-0.25, -0.2) is 4.79 Å². The van der Waals surface area contributed by atoms with Crippen LogP contribution < -0.4 is 10.6 Å². The number of hydrogen-bond donors (Lipinski definition) is 2. The number of urea groups is 1. The first-order valence-electron chi connectivity index (χ1n) is 7.24. The van der Waals surface area contributed by atoms with E-state index in [1.165, 1.54) is 24.3 Å². The summed E-state index contributed by atoms with van der Waals surface area (Å²) in [7, 11) is 0. The van der Waals surface area contributed by atoms with E-state index < -0.39 is 4.92 Å². The SMILES string of the molecule is O=C(NCCCN1CCOCC1)Nc1ccc([N+](=O)[O-])cc1. The largest absolute Gasteiger partial charge is 0.379 e. The van der Waals surface area contributed by atoms with E-state index in [4.69, 9.17) is 4.74 Å². The van der Waals surface area contributed by atoms with Gasteiger partial charge in [0.05, 0.1) is 18.1 Å². The molecule has 2 rings (SSSR count). The Hall–Kier alpha value is -2.19. The summed E-state index contributed by atoms with van der Waals surface area (Å²) in [5.74, 6) is 0. The Bertz CT molecular complexity index is 500. The predicted molar refractivity (Wildman–Crippen MR) is 82.0 cm³/mol. The minimum absolute atomic E-state index is 0.00327. The lowest BCUT2D eigenvalue weighted by Crippen LogP contribution is -2.38. The van der Waals surface area contributed by atoms with Crippen molar-refractivity contribution in [2.24, 2.45) is 0 Å². The lowest BCUT2D eigenvalue weighted by Gasteiger charge is -2.26. The van der Waals surface area contributed by atoms with Crippen LogP contribution in [0, 0.1) is 10.1 Å². The zero-order valence-electron chi connectivity index (χ0n) is 12.3. The van der Waals surface area contributed by atoms with Gasteiger partial charge in [-0.05, 0) is 25.1 Å². The summed E-state index contributed by atoms with van der Waals surface area (Å²) in [6, 6.07) is 5.41. The molecule has 1 saturated heterocycles. The Morgan fingerprint density at radius 1 is 1.27 bits per heavy atom. The summed E-state index contributed by atoms with van der Waals surface area (Å²) in [6.07, 6.45) is 0.869. The molecule has 0 unspecified atom stereocenters. The van der Waals surface area contributed by atoms with Gasteiger partial charge in [-0.2, -0.15) is 0 Å². The number of non-ortho nitro benzene ring substituents is 1. The number of ether oxygens (including phenoxy) is 1. The number of nitrogens with one attached hydrogen (secondary N) is 2. The zero-order chi connectivity index (χ0) is 15.8. The zero-order valence-corrected chi connectivity index (χ0v) is 12.3. The number of nitrogens with zero attached hydrogens (tertiary/aromatic N) is 2. The molecule has 120 valence electrons. The van der Waals surface area contributed by atoms with Crippen LogP contribution in [-0.4, -0.2) is 55.2 Å². The Morgan fingerprint density at radius 3 is 2.59 bits per heavy atom. The van der Waals surface area contributed by atoms with Gasteiger partial charge in [-0.1, -0.05) is 0 Å². The van der Waals surface area contributed by atoms with Gasteiger partial charge < -0.3 is 15.4 Å².